The number of hydrogen-bond acceptors (Lipinski definition) is 2. The number of hydrogen-bond donors (Lipinski definition) is 0. The number of fused-ring (bicyclic) bond motifs is 6. The smallest absolute Gasteiger partial charge is 0.0555 e. The summed E-state index contributed by atoms with van der Waals surface area (Å²) in [6.45, 7) is 0. The van der Waals surface area contributed by atoms with Gasteiger partial charge in [-0.2, -0.15) is 0 Å². The summed E-state index contributed by atoms with van der Waals surface area (Å²) in [5, 5.41) is 8.53. The summed E-state index contributed by atoms with van der Waals surface area (Å²) < 4.78 is 3.74. The average Bonchev–Trinajstić information content (AvgIpc) is 3.46. The van der Waals surface area contributed by atoms with E-state index in [1.54, 1.807) is 0 Å². The maximum Gasteiger partial charge on any atom is 0.0555 e. The molecule has 0 amide bonds. The molecule has 3 heterocycles. The van der Waals surface area contributed by atoms with Crippen molar-refractivity contribution >= 4 is 54.0 Å². The molecule has 0 bridgehead atoms. The lowest BCUT2D eigenvalue weighted by Crippen LogP contribution is -1.93. The fourth-order valence-electron chi connectivity index (χ4n) is 4.89. The summed E-state index contributed by atoms with van der Waals surface area (Å²) in [5.41, 5.74) is 6.00. The van der Waals surface area contributed by atoms with Gasteiger partial charge < -0.3 is 4.57 Å². The summed E-state index contributed by atoms with van der Waals surface area (Å²) >= 11 is 1.82. The summed E-state index contributed by atoms with van der Waals surface area (Å²) in [6, 6.07) is 32.7. The number of nitrogens with zero attached hydrogens (tertiary/aromatic N) is 2. The van der Waals surface area contributed by atoms with Gasteiger partial charge in [-0.15, -0.1) is 11.3 Å². The third kappa shape index (κ3) is 2.49. The number of thiophene rings is 1. The molecule has 0 saturated heterocycles. The molecule has 0 saturated carbocycles. The second kappa shape index (κ2) is 6.78. The highest BCUT2D eigenvalue weighted by molar-refractivity contribution is 7.18. The molecule has 3 heteroatoms. The molecule has 0 aliphatic rings. The van der Waals surface area contributed by atoms with Crippen molar-refractivity contribution in [2.24, 2.45) is 0 Å². The largest absolute Gasteiger partial charge is 0.309 e. The van der Waals surface area contributed by atoms with E-state index in [1.165, 1.54) is 48.5 Å². The minimum Gasteiger partial charge on any atom is -0.309 e. The first kappa shape index (κ1) is 17.7. The highest BCUT2D eigenvalue weighted by Crippen LogP contribution is 2.39. The van der Waals surface area contributed by atoms with E-state index in [0.29, 0.717) is 0 Å². The first-order valence-electron chi connectivity index (χ1n) is 10.7. The number of benzene rings is 4. The van der Waals surface area contributed by atoms with Gasteiger partial charge in [0.05, 0.1) is 11.0 Å². The molecule has 2 nitrogen and oxygen atoms in total. The van der Waals surface area contributed by atoms with Crippen LogP contribution in [0, 0.1) is 0 Å². The van der Waals surface area contributed by atoms with E-state index in [4.69, 9.17) is 0 Å². The predicted octanol–water partition coefficient (Wildman–Crippen LogP) is 8.21. The van der Waals surface area contributed by atoms with Crippen LogP contribution in [0.1, 0.15) is 0 Å². The van der Waals surface area contributed by atoms with Crippen LogP contribution in [0.25, 0.3) is 59.5 Å². The average molecular weight is 427 g/mol. The van der Waals surface area contributed by atoms with Crippen LogP contribution in [0.2, 0.25) is 0 Å². The van der Waals surface area contributed by atoms with Crippen molar-refractivity contribution in [2.45, 2.75) is 0 Å². The lowest BCUT2D eigenvalue weighted by molar-refractivity contribution is 1.18. The summed E-state index contributed by atoms with van der Waals surface area (Å²) in [5.74, 6) is 0. The van der Waals surface area contributed by atoms with Gasteiger partial charge in [-0.1, -0.05) is 60.7 Å². The normalized spacial score (nSPS) is 11.8. The van der Waals surface area contributed by atoms with Gasteiger partial charge in [0, 0.05) is 44.5 Å². The Balaban J connectivity index is 1.46. The van der Waals surface area contributed by atoms with Crippen molar-refractivity contribution in [1.82, 2.24) is 9.55 Å². The lowest BCUT2D eigenvalue weighted by Gasteiger charge is -2.10. The zero-order valence-electron chi connectivity index (χ0n) is 17.2. The van der Waals surface area contributed by atoms with Gasteiger partial charge in [0.15, 0.2) is 0 Å². The van der Waals surface area contributed by atoms with Crippen LogP contribution in [-0.2, 0) is 0 Å². The van der Waals surface area contributed by atoms with E-state index >= 15 is 0 Å². The molecule has 0 atom stereocenters. The molecule has 7 aromatic rings. The minimum atomic E-state index is 1.16. The molecule has 0 aliphatic carbocycles. The van der Waals surface area contributed by atoms with Crippen LogP contribution in [0.3, 0.4) is 0 Å². The molecule has 0 radical (unpaired) electrons. The molecule has 32 heavy (non-hydrogen) atoms. The van der Waals surface area contributed by atoms with Gasteiger partial charge in [-0.3, -0.25) is 4.98 Å². The SMILES string of the molecule is c1ccc2c(-c3ccc(-n4c5ccccc5c5c6sccc6ccc54)cc3)cncc2c1. The number of rotatable bonds is 2. The lowest BCUT2D eigenvalue weighted by atomic mass is 10.0. The van der Waals surface area contributed by atoms with Gasteiger partial charge >= 0.3 is 0 Å². The highest BCUT2D eigenvalue weighted by atomic mass is 32.1. The fourth-order valence-corrected chi connectivity index (χ4v) is 5.85. The van der Waals surface area contributed by atoms with Crippen molar-refractivity contribution in [2.75, 3.05) is 0 Å². The molecule has 0 spiro atoms. The van der Waals surface area contributed by atoms with E-state index < -0.39 is 0 Å². The zero-order chi connectivity index (χ0) is 21.1. The van der Waals surface area contributed by atoms with Gasteiger partial charge in [0.1, 0.15) is 0 Å². The number of aromatic nitrogens is 2. The first-order valence-corrected chi connectivity index (χ1v) is 11.6. The van der Waals surface area contributed by atoms with Crippen LogP contribution in [-0.4, -0.2) is 9.55 Å². The summed E-state index contributed by atoms with van der Waals surface area (Å²) in [7, 11) is 0. The Morgan fingerprint density at radius 2 is 1.44 bits per heavy atom. The standard InChI is InChI=1S/C29H18N2S/c1-2-6-23-21(5-1)17-30-18-25(23)19-9-12-22(13-10-19)31-26-8-4-3-7-24(26)28-27(31)14-11-20-15-16-32-29(20)28/h1-18H. The van der Waals surface area contributed by atoms with Crippen LogP contribution in [0.4, 0.5) is 0 Å². The third-order valence-corrected chi connectivity index (χ3v) is 7.31. The Kier molecular flexibility index (Phi) is 3.75. The number of pyridine rings is 1. The van der Waals surface area contributed by atoms with Gasteiger partial charge in [0.25, 0.3) is 0 Å². The van der Waals surface area contributed by atoms with E-state index in [-0.39, 0.29) is 0 Å². The van der Waals surface area contributed by atoms with Crippen molar-refractivity contribution in [3.8, 4) is 16.8 Å². The molecular formula is C29H18N2S. The Hall–Kier alpha value is -3.95. The number of para-hydroxylation sites is 1. The van der Waals surface area contributed by atoms with Crippen LogP contribution in [0.15, 0.2) is 109 Å². The van der Waals surface area contributed by atoms with Gasteiger partial charge in [-0.25, -0.2) is 0 Å². The molecule has 0 aliphatic heterocycles. The second-order valence-electron chi connectivity index (χ2n) is 8.11. The molecule has 0 unspecified atom stereocenters. The Bertz CT molecular complexity index is 1770. The maximum absolute atomic E-state index is 4.46. The maximum atomic E-state index is 4.46. The molecule has 0 fully saturated rings. The summed E-state index contributed by atoms with van der Waals surface area (Å²) in [4.78, 5) is 4.46. The molecule has 0 N–H and O–H groups in total. The van der Waals surface area contributed by atoms with Gasteiger partial charge in [-0.05, 0) is 52.0 Å². The first-order chi connectivity index (χ1) is 15.9. The van der Waals surface area contributed by atoms with E-state index in [1.807, 2.05) is 23.7 Å². The molecule has 3 aromatic heterocycles. The Labute approximate surface area is 189 Å². The van der Waals surface area contributed by atoms with Crippen LogP contribution < -0.4 is 0 Å². The zero-order valence-corrected chi connectivity index (χ0v) is 18.0. The van der Waals surface area contributed by atoms with Gasteiger partial charge in [0.2, 0.25) is 0 Å². The van der Waals surface area contributed by atoms with Crippen LogP contribution >= 0.6 is 11.3 Å². The fraction of sp³-hybridized carbons (Fsp3) is 0. The second-order valence-corrected chi connectivity index (χ2v) is 9.02. The molecule has 7 rings (SSSR count). The Morgan fingerprint density at radius 1 is 0.625 bits per heavy atom. The predicted molar refractivity (Wildman–Crippen MR) is 137 cm³/mol. The van der Waals surface area contributed by atoms with E-state index in [9.17, 15) is 0 Å². The van der Waals surface area contributed by atoms with Crippen molar-refractivity contribution in [3.63, 3.8) is 0 Å². The quantitative estimate of drug-likeness (QED) is 0.272. The summed E-state index contributed by atoms with van der Waals surface area (Å²) in [6.07, 6.45) is 3.89. The van der Waals surface area contributed by atoms with E-state index in [2.05, 4.69) is 106 Å². The molecule has 150 valence electrons. The molecular weight excluding hydrogens is 408 g/mol. The monoisotopic (exact) mass is 426 g/mol. The third-order valence-electron chi connectivity index (χ3n) is 6.36. The topological polar surface area (TPSA) is 17.8 Å². The van der Waals surface area contributed by atoms with Crippen molar-refractivity contribution in [1.29, 1.82) is 0 Å². The minimum absolute atomic E-state index is 1.16. The molecule has 4 aromatic carbocycles. The van der Waals surface area contributed by atoms with Crippen LogP contribution in [0.5, 0.6) is 0 Å². The van der Waals surface area contributed by atoms with Crippen molar-refractivity contribution in [3.05, 3.63) is 109 Å². The highest BCUT2D eigenvalue weighted by Gasteiger charge is 2.15. The van der Waals surface area contributed by atoms with E-state index in [0.717, 1.165) is 10.9 Å². The Morgan fingerprint density at radius 3 is 2.34 bits per heavy atom. The van der Waals surface area contributed by atoms with Crippen molar-refractivity contribution < 1.29 is 0 Å².